The Balaban J connectivity index is 2.59. The molecule has 1 unspecified atom stereocenters. The molecule has 0 heterocycles. The van der Waals surface area contributed by atoms with Crippen molar-refractivity contribution in [2.75, 3.05) is 11.9 Å². The Bertz CT molecular complexity index is 382. The summed E-state index contributed by atoms with van der Waals surface area (Å²) < 4.78 is 0.831. The van der Waals surface area contributed by atoms with E-state index in [1.807, 2.05) is 12.1 Å². The Morgan fingerprint density at radius 1 is 1.22 bits per heavy atom. The van der Waals surface area contributed by atoms with Gasteiger partial charge in [-0.15, -0.1) is 0 Å². The van der Waals surface area contributed by atoms with Crippen LogP contribution in [0.1, 0.15) is 39.5 Å². The van der Waals surface area contributed by atoms with Crippen LogP contribution in [0.3, 0.4) is 0 Å². The van der Waals surface area contributed by atoms with Gasteiger partial charge in [0, 0.05) is 11.0 Å². The lowest BCUT2D eigenvalue weighted by atomic mass is 9.99. The summed E-state index contributed by atoms with van der Waals surface area (Å²) >= 11 is 15.7. The summed E-state index contributed by atoms with van der Waals surface area (Å²) in [6.07, 6.45) is 4.99. The van der Waals surface area contributed by atoms with Gasteiger partial charge in [-0.2, -0.15) is 0 Å². The third-order valence-corrected chi connectivity index (χ3v) is 4.93. The Kier molecular flexibility index (Phi) is 7.43. The molecule has 0 radical (unpaired) electrons. The van der Waals surface area contributed by atoms with Gasteiger partial charge in [0.25, 0.3) is 0 Å². The van der Waals surface area contributed by atoms with Crippen molar-refractivity contribution in [2.45, 2.75) is 39.5 Å². The molecular weight excluding hydrogens is 333 g/mol. The molecule has 0 spiro atoms. The first-order valence-corrected chi connectivity index (χ1v) is 8.02. The lowest BCUT2D eigenvalue weighted by molar-refractivity contribution is 0.473. The fraction of sp³-hybridized carbons (Fsp3) is 0.571. The number of anilines is 1. The summed E-state index contributed by atoms with van der Waals surface area (Å²) in [5.74, 6) is 0.698. The molecule has 0 aliphatic carbocycles. The first-order chi connectivity index (χ1) is 8.60. The Morgan fingerprint density at radius 2 is 1.94 bits per heavy atom. The van der Waals surface area contributed by atoms with Crippen LogP contribution in [0.15, 0.2) is 16.6 Å². The van der Waals surface area contributed by atoms with Crippen LogP contribution in [-0.4, -0.2) is 6.54 Å². The summed E-state index contributed by atoms with van der Waals surface area (Å²) in [7, 11) is 0. The number of benzene rings is 1. The van der Waals surface area contributed by atoms with Crippen molar-refractivity contribution in [3.8, 4) is 0 Å². The molecule has 1 nitrogen and oxygen atoms in total. The molecule has 0 aliphatic heterocycles. The van der Waals surface area contributed by atoms with Crippen molar-refractivity contribution in [3.63, 3.8) is 0 Å². The average molecular weight is 353 g/mol. The molecule has 1 atom stereocenters. The third-order valence-electron chi connectivity index (χ3n) is 3.16. The van der Waals surface area contributed by atoms with Crippen molar-refractivity contribution in [1.82, 2.24) is 0 Å². The summed E-state index contributed by atoms with van der Waals surface area (Å²) in [6.45, 7) is 5.41. The minimum Gasteiger partial charge on any atom is -0.384 e. The molecule has 1 aromatic rings. The maximum atomic E-state index is 6.21. The van der Waals surface area contributed by atoms with Crippen LogP contribution in [0.2, 0.25) is 10.0 Å². The van der Waals surface area contributed by atoms with Crippen molar-refractivity contribution in [3.05, 3.63) is 26.7 Å². The van der Waals surface area contributed by atoms with Crippen LogP contribution < -0.4 is 5.32 Å². The lowest BCUT2D eigenvalue weighted by Gasteiger charge is -2.17. The van der Waals surface area contributed by atoms with E-state index in [0.29, 0.717) is 16.0 Å². The molecule has 0 aliphatic rings. The minimum atomic E-state index is 0.572. The van der Waals surface area contributed by atoms with Gasteiger partial charge in [0.15, 0.2) is 0 Å². The van der Waals surface area contributed by atoms with Crippen LogP contribution in [0.5, 0.6) is 0 Å². The SMILES string of the molecule is CCCCC(CC)CNc1ccc(Br)c(Cl)c1Cl. The number of halogens is 3. The number of nitrogens with one attached hydrogen (secondary N) is 1. The molecule has 1 rings (SSSR count). The number of rotatable bonds is 7. The topological polar surface area (TPSA) is 12.0 Å². The molecular formula is C14H20BrCl2N. The van der Waals surface area contributed by atoms with Crippen LogP contribution in [0.25, 0.3) is 0 Å². The van der Waals surface area contributed by atoms with Crippen molar-refractivity contribution in [1.29, 1.82) is 0 Å². The highest BCUT2D eigenvalue weighted by Crippen LogP contribution is 2.36. The second kappa shape index (κ2) is 8.29. The molecule has 0 amide bonds. The second-order valence-corrected chi connectivity index (χ2v) is 6.13. The molecule has 102 valence electrons. The fourth-order valence-electron chi connectivity index (χ4n) is 1.86. The zero-order chi connectivity index (χ0) is 13.5. The predicted molar refractivity (Wildman–Crippen MR) is 86.0 cm³/mol. The minimum absolute atomic E-state index is 0.572. The predicted octanol–water partition coefficient (Wildman–Crippen LogP) is 6.38. The highest BCUT2D eigenvalue weighted by atomic mass is 79.9. The van der Waals surface area contributed by atoms with Gasteiger partial charge >= 0.3 is 0 Å². The van der Waals surface area contributed by atoms with Gasteiger partial charge in [-0.1, -0.05) is 56.3 Å². The number of hydrogen-bond donors (Lipinski definition) is 1. The van der Waals surface area contributed by atoms with Crippen LogP contribution in [0.4, 0.5) is 5.69 Å². The molecule has 1 N–H and O–H groups in total. The standard InChI is InChI=1S/C14H20BrCl2N/c1-3-5-6-10(4-2)9-18-12-8-7-11(15)13(16)14(12)17/h7-8,10,18H,3-6,9H2,1-2H3. The van der Waals surface area contributed by atoms with E-state index >= 15 is 0 Å². The van der Waals surface area contributed by atoms with Gasteiger partial charge in [-0.25, -0.2) is 0 Å². The van der Waals surface area contributed by atoms with E-state index < -0.39 is 0 Å². The summed E-state index contributed by atoms with van der Waals surface area (Å²) in [6, 6.07) is 3.88. The van der Waals surface area contributed by atoms with E-state index in [2.05, 4.69) is 35.1 Å². The molecule has 18 heavy (non-hydrogen) atoms. The molecule has 0 saturated carbocycles. The zero-order valence-electron chi connectivity index (χ0n) is 10.9. The molecule has 0 aromatic heterocycles. The first-order valence-electron chi connectivity index (χ1n) is 6.47. The normalized spacial score (nSPS) is 12.5. The van der Waals surface area contributed by atoms with Crippen molar-refractivity contribution in [2.24, 2.45) is 5.92 Å². The summed E-state index contributed by atoms with van der Waals surface area (Å²) in [5.41, 5.74) is 0.916. The number of hydrogen-bond acceptors (Lipinski definition) is 1. The second-order valence-electron chi connectivity index (χ2n) is 4.52. The maximum absolute atomic E-state index is 6.21. The van der Waals surface area contributed by atoms with Crippen molar-refractivity contribution < 1.29 is 0 Å². The third kappa shape index (κ3) is 4.64. The summed E-state index contributed by atoms with van der Waals surface area (Å²) in [5, 5.41) is 4.57. The maximum Gasteiger partial charge on any atom is 0.0835 e. The lowest BCUT2D eigenvalue weighted by Crippen LogP contribution is -2.13. The smallest absolute Gasteiger partial charge is 0.0835 e. The van der Waals surface area contributed by atoms with E-state index in [1.165, 1.54) is 25.7 Å². The molecule has 0 saturated heterocycles. The largest absolute Gasteiger partial charge is 0.384 e. The fourth-order valence-corrected chi connectivity index (χ4v) is 2.70. The van der Waals surface area contributed by atoms with Gasteiger partial charge in [-0.3, -0.25) is 0 Å². The molecule has 4 heteroatoms. The Morgan fingerprint density at radius 3 is 2.56 bits per heavy atom. The van der Waals surface area contributed by atoms with Crippen LogP contribution in [-0.2, 0) is 0 Å². The zero-order valence-corrected chi connectivity index (χ0v) is 14.0. The Labute approximate surface area is 128 Å². The quantitative estimate of drug-likeness (QED) is 0.561. The van der Waals surface area contributed by atoms with Crippen LogP contribution >= 0.6 is 39.1 Å². The van der Waals surface area contributed by atoms with Gasteiger partial charge < -0.3 is 5.32 Å². The highest BCUT2D eigenvalue weighted by molar-refractivity contribution is 9.10. The Hall–Kier alpha value is 0.0800. The molecule has 0 fully saturated rings. The van der Waals surface area contributed by atoms with E-state index in [9.17, 15) is 0 Å². The highest BCUT2D eigenvalue weighted by Gasteiger charge is 2.10. The molecule has 1 aromatic carbocycles. The monoisotopic (exact) mass is 351 g/mol. The summed E-state index contributed by atoms with van der Waals surface area (Å²) in [4.78, 5) is 0. The van der Waals surface area contributed by atoms with Gasteiger partial charge in [0.05, 0.1) is 15.7 Å². The van der Waals surface area contributed by atoms with Gasteiger partial charge in [0.1, 0.15) is 0 Å². The molecule has 0 bridgehead atoms. The first kappa shape index (κ1) is 16.1. The van der Waals surface area contributed by atoms with Gasteiger partial charge in [0.2, 0.25) is 0 Å². The number of unbranched alkanes of at least 4 members (excludes halogenated alkanes) is 1. The average Bonchev–Trinajstić information content (AvgIpc) is 2.38. The van der Waals surface area contributed by atoms with E-state index in [0.717, 1.165) is 16.7 Å². The van der Waals surface area contributed by atoms with E-state index in [-0.39, 0.29) is 0 Å². The van der Waals surface area contributed by atoms with E-state index in [1.54, 1.807) is 0 Å². The van der Waals surface area contributed by atoms with E-state index in [4.69, 9.17) is 23.2 Å². The van der Waals surface area contributed by atoms with Crippen molar-refractivity contribution >= 4 is 44.8 Å². The van der Waals surface area contributed by atoms with Crippen LogP contribution in [0, 0.1) is 5.92 Å². The van der Waals surface area contributed by atoms with Gasteiger partial charge in [-0.05, 0) is 40.4 Å².